The Bertz CT molecular complexity index is 2320. The predicted molar refractivity (Wildman–Crippen MR) is 272 cm³/mol. The van der Waals surface area contributed by atoms with Crippen LogP contribution in [0.3, 0.4) is 0 Å². The number of carbonyl (C=O) groups is 2. The van der Waals surface area contributed by atoms with E-state index in [1.807, 2.05) is 159 Å². The highest BCUT2D eigenvalue weighted by molar-refractivity contribution is 6.76. The van der Waals surface area contributed by atoms with Crippen LogP contribution in [0, 0.1) is 0 Å². The second-order valence-electron chi connectivity index (χ2n) is 17.5. The Morgan fingerprint density at radius 3 is 1.58 bits per heavy atom. The van der Waals surface area contributed by atoms with E-state index in [2.05, 4.69) is 10.6 Å². The van der Waals surface area contributed by atoms with E-state index in [1.165, 1.54) is 0 Å². The Balaban J connectivity index is 1.13. The lowest BCUT2D eigenvalue weighted by atomic mass is 9.95. The number of benzene rings is 5. The Morgan fingerprint density at radius 2 is 1.06 bits per heavy atom. The molecule has 0 radical (unpaired) electrons. The van der Waals surface area contributed by atoms with E-state index in [1.54, 1.807) is 0 Å². The van der Waals surface area contributed by atoms with Crippen molar-refractivity contribution in [1.82, 2.24) is 10.6 Å². The summed E-state index contributed by atoms with van der Waals surface area (Å²) in [6.07, 6.45) is -8.19. The molecule has 0 bridgehead atoms. The molecule has 2 aliphatic rings. The minimum atomic E-state index is -2.41. The van der Waals surface area contributed by atoms with Crippen LogP contribution in [0.1, 0.15) is 54.0 Å². The van der Waals surface area contributed by atoms with E-state index in [9.17, 15) is 14.7 Å². The third-order valence-electron chi connectivity index (χ3n) is 12.1. The number of hydrogen-bond donors (Lipinski definition) is 3. The summed E-state index contributed by atoms with van der Waals surface area (Å²) in [6.45, 7) is 3.25. The van der Waals surface area contributed by atoms with Crippen LogP contribution in [-0.4, -0.2) is 102 Å². The summed E-state index contributed by atoms with van der Waals surface area (Å²) >= 11 is 18.5. The van der Waals surface area contributed by atoms with Crippen LogP contribution in [0.25, 0.3) is 0 Å². The zero-order chi connectivity index (χ0) is 50.5. The minimum absolute atomic E-state index is 0.0962. The number of aliphatic hydroxyl groups is 1. The highest BCUT2D eigenvalue weighted by Gasteiger charge is 2.54. The molecule has 0 spiro atoms. The second kappa shape index (κ2) is 28.7. The molecule has 2 aliphatic heterocycles. The number of amides is 2. The van der Waals surface area contributed by atoms with Crippen LogP contribution in [0.4, 0.5) is 4.79 Å². The number of aliphatic hydroxyl groups excluding tert-OH is 1. The zero-order valence-corrected chi connectivity index (χ0v) is 42.3. The third kappa shape index (κ3) is 17.2. The molecule has 2 amide bonds. The predicted octanol–water partition coefficient (Wildman–Crippen LogP) is 9.14. The second-order valence-corrected chi connectivity index (χ2v) is 19.8. The molecular weight excluding hydrogens is 987 g/mol. The molecule has 5 aromatic rings. The van der Waals surface area contributed by atoms with Crippen molar-refractivity contribution < 1.29 is 57.3 Å². The van der Waals surface area contributed by atoms with Gasteiger partial charge < -0.3 is 58.4 Å². The Kier molecular flexibility index (Phi) is 22.0. The topological polar surface area (TPSA) is 162 Å². The van der Waals surface area contributed by atoms with E-state index in [-0.39, 0.29) is 46.2 Å². The molecule has 2 saturated heterocycles. The lowest BCUT2D eigenvalue weighted by molar-refractivity contribution is -0.355. The molecule has 0 aliphatic carbocycles. The van der Waals surface area contributed by atoms with E-state index in [4.69, 9.17) is 77.4 Å². The molecule has 14 nitrogen and oxygen atoms in total. The van der Waals surface area contributed by atoms with Gasteiger partial charge in [-0.05, 0) is 54.0 Å². The van der Waals surface area contributed by atoms with Crippen LogP contribution < -0.4 is 10.6 Å². The fraction of sp³-hybridized carbons (Fsp3) is 0.418. The van der Waals surface area contributed by atoms with Crippen molar-refractivity contribution in [2.45, 2.75) is 124 Å². The average Bonchev–Trinajstić information content (AvgIpc) is 3.39. The van der Waals surface area contributed by atoms with Gasteiger partial charge in [0.05, 0.1) is 39.1 Å². The highest BCUT2D eigenvalue weighted by atomic mass is 35.6. The van der Waals surface area contributed by atoms with Crippen LogP contribution >= 0.6 is 34.8 Å². The van der Waals surface area contributed by atoms with E-state index in [0.717, 1.165) is 27.8 Å². The monoisotopic (exact) mass is 1050 g/mol. The smallest absolute Gasteiger partial charge is 0.407 e. The third-order valence-corrected chi connectivity index (χ3v) is 12.6. The van der Waals surface area contributed by atoms with Gasteiger partial charge in [0.2, 0.25) is 0 Å². The van der Waals surface area contributed by atoms with Gasteiger partial charge >= 0.3 is 6.09 Å². The summed E-state index contributed by atoms with van der Waals surface area (Å²) in [4.78, 5) is 26.0. The highest BCUT2D eigenvalue weighted by Crippen LogP contribution is 2.36. The van der Waals surface area contributed by atoms with Gasteiger partial charge in [-0.15, -0.1) is 0 Å². The number of halogens is 3. The zero-order valence-electron chi connectivity index (χ0n) is 40.1. The molecule has 386 valence electrons. The largest absolute Gasteiger partial charge is 0.445 e. The summed E-state index contributed by atoms with van der Waals surface area (Å²) in [5, 5.41) is 17.9. The van der Waals surface area contributed by atoms with E-state index >= 15 is 0 Å². The standard InChI is InChI=1S/C55H63Cl3N2O12/c1-38-47(66-33-40-22-10-3-11-23-40)49(67-34-41-24-12-4-13-25-41)50(68-35-42-26-14-5-15-27-42)52(70-38)72-48-45(60-53(62)55(56,57)58)51(71-44(46(48)61)37-64-32-39-20-8-2-9-21-39)65-31-19-7-18-30-59-54(63)69-36-43-28-16-6-17-29-43/h2-6,8-17,20-29,38,44-52,61H,7,18-19,30-37H2,1H3,(H,59,63)(H,60,62)/t38-,44?,45-,46+,47+,48?,49?,50-,51+,52?/m0/s1. The number of carbonyl (C=O) groups excluding carboxylic acids is 2. The molecule has 5 aromatic carbocycles. The number of nitrogens with one attached hydrogen (secondary N) is 2. The van der Waals surface area contributed by atoms with Gasteiger partial charge in [0, 0.05) is 13.2 Å². The van der Waals surface area contributed by atoms with Crippen molar-refractivity contribution in [2.24, 2.45) is 0 Å². The molecule has 10 atom stereocenters. The maximum absolute atomic E-state index is 13.6. The number of alkyl halides is 3. The SMILES string of the molecule is C[C@@H]1OC(OC2[C@H](O)C(COCc3ccccc3)O[C@@H](OCCCCCNC(=O)OCc3ccccc3)[C@H]2NC(=O)C(Cl)(Cl)Cl)[C@@H](OCc2ccccc2)C(OCc2ccccc2)[C@@H]1OCc1ccccc1. The Morgan fingerprint density at radius 1 is 0.569 bits per heavy atom. The number of rotatable bonds is 25. The molecular formula is C55H63Cl3N2O12. The molecule has 2 fully saturated rings. The van der Waals surface area contributed by atoms with Crippen molar-refractivity contribution in [1.29, 1.82) is 0 Å². The van der Waals surface area contributed by atoms with Crippen molar-refractivity contribution in [3.05, 3.63) is 179 Å². The van der Waals surface area contributed by atoms with Crippen LogP contribution in [-0.2, 0) is 80.5 Å². The van der Waals surface area contributed by atoms with Gasteiger partial charge in [-0.2, -0.15) is 0 Å². The number of hydrogen-bond acceptors (Lipinski definition) is 12. The maximum Gasteiger partial charge on any atom is 0.407 e. The fourth-order valence-corrected chi connectivity index (χ4v) is 8.48. The average molecular weight is 1050 g/mol. The molecule has 7 rings (SSSR count). The molecule has 3 N–H and O–H groups in total. The first-order valence-corrected chi connectivity index (χ1v) is 25.3. The molecule has 4 unspecified atom stereocenters. The molecule has 17 heteroatoms. The van der Waals surface area contributed by atoms with Crippen LogP contribution in [0.5, 0.6) is 0 Å². The van der Waals surface area contributed by atoms with Crippen molar-refractivity contribution in [2.75, 3.05) is 19.8 Å². The lowest BCUT2D eigenvalue weighted by Gasteiger charge is -2.49. The van der Waals surface area contributed by atoms with Gasteiger partial charge in [0.25, 0.3) is 9.70 Å². The molecule has 0 saturated carbocycles. The summed E-state index contributed by atoms with van der Waals surface area (Å²) < 4.78 is 55.8. The normalized spacial score (nSPS) is 24.3. The quantitative estimate of drug-likeness (QED) is 0.0376. The first-order chi connectivity index (χ1) is 35.0. The molecule has 0 aromatic heterocycles. The van der Waals surface area contributed by atoms with Gasteiger partial charge in [-0.1, -0.05) is 186 Å². The maximum atomic E-state index is 13.6. The van der Waals surface area contributed by atoms with Crippen LogP contribution in [0.15, 0.2) is 152 Å². The molecule has 72 heavy (non-hydrogen) atoms. The van der Waals surface area contributed by atoms with Gasteiger partial charge in [0.15, 0.2) is 12.6 Å². The number of ether oxygens (including phenoxy) is 9. The number of unbranched alkanes of at least 4 members (excludes halogenated alkanes) is 2. The minimum Gasteiger partial charge on any atom is -0.445 e. The fourth-order valence-electron chi connectivity index (χ4n) is 8.31. The van der Waals surface area contributed by atoms with Crippen molar-refractivity contribution >= 4 is 46.8 Å². The first-order valence-electron chi connectivity index (χ1n) is 24.2. The summed E-state index contributed by atoms with van der Waals surface area (Å²) in [5.41, 5.74) is 4.54. The van der Waals surface area contributed by atoms with Gasteiger partial charge in [0.1, 0.15) is 49.3 Å². The van der Waals surface area contributed by atoms with Crippen molar-refractivity contribution in [3.63, 3.8) is 0 Å². The first kappa shape index (κ1) is 55.1. The Hall–Kier alpha value is -4.65. The van der Waals surface area contributed by atoms with Crippen LogP contribution in [0.2, 0.25) is 0 Å². The summed E-state index contributed by atoms with van der Waals surface area (Å²) in [5.74, 6) is -1.01. The Labute approximate surface area is 436 Å². The molecule has 2 heterocycles. The summed E-state index contributed by atoms with van der Waals surface area (Å²) in [7, 11) is 0. The van der Waals surface area contributed by atoms with Crippen molar-refractivity contribution in [3.8, 4) is 0 Å². The lowest BCUT2D eigenvalue weighted by Crippen LogP contribution is -2.69. The van der Waals surface area contributed by atoms with Gasteiger partial charge in [-0.25, -0.2) is 4.79 Å². The number of alkyl carbamates (subject to hydrolysis) is 1. The summed E-state index contributed by atoms with van der Waals surface area (Å²) in [6, 6.07) is 46.8. The van der Waals surface area contributed by atoms with E-state index < -0.39 is 77.1 Å². The van der Waals surface area contributed by atoms with E-state index in [0.29, 0.717) is 25.8 Å². The van der Waals surface area contributed by atoms with Gasteiger partial charge in [-0.3, -0.25) is 4.79 Å².